The van der Waals surface area contributed by atoms with Crippen LogP contribution in [0.25, 0.3) is 10.2 Å². The van der Waals surface area contributed by atoms with Gasteiger partial charge in [-0.15, -0.1) is 11.3 Å². The van der Waals surface area contributed by atoms with Crippen molar-refractivity contribution in [1.82, 2.24) is 9.97 Å². The molecule has 0 bridgehead atoms. The van der Waals surface area contributed by atoms with E-state index in [1.165, 1.54) is 17.3 Å². The van der Waals surface area contributed by atoms with Gasteiger partial charge in [0.05, 0.1) is 5.75 Å². The Morgan fingerprint density at radius 3 is 2.64 bits per heavy atom. The number of hydrogen-bond donors (Lipinski definition) is 0. The zero-order chi connectivity index (χ0) is 15.7. The lowest BCUT2D eigenvalue weighted by molar-refractivity contribution is 0.102. The maximum atomic E-state index is 12.6. The van der Waals surface area contributed by atoms with E-state index in [2.05, 4.69) is 29.0 Å². The summed E-state index contributed by atoms with van der Waals surface area (Å²) < 4.78 is 0. The largest absolute Gasteiger partial charge is 0.293 e. The third-order valence-corrected chi connectivity index (χ3v) is 5.35. The number of aromatic nitrogens is 2. The molecule has 0 unspecified atom stereocenters. The van der Waals surface area contributed by atoms with Crippen LogP contribution >= 0.6 is 23.1 Å². The third-order valence-electron chi connectivity index (χ3n) is 3.52. The molecule has 3 aromatic rings. The van der Waals surface area contributed by atoms with Crippen LogP contribution in [-0.2, 0) is 0 Å². The number of aryl methyl sites for hydroxylation is 3. The molecule has 0 fully saturated rings. The van der Waals surface area contributed by atoms with Crippen LogP contribution in [0.3, 0.4) is 0 Å². The van der Waals surface area contributed by atoms with E-state index >= 15 is 0 Å². The van der Waals surface area contributed by atoms with Gasteiger partial charge in [0, 0.05) is 10.9 Å². The number of nitrogens with zero attached hydrogens (tertiary/aromatic N) is 2. The molecule has 2 heterocycles. The highest BCUT2D eigenvalue weighted by Gasteiger charge is 2.14. The van der Waals surface area contributed by atoms with Crippen molar-refractivity contribution in [2.75, 3.05) is 5.75 Å². The highest BCUT2D eigenvalue weighted by atomic mass is 32.2. The number of thiophene rings is 1. The molecule has 0 saturated heterocycles. The van der Waals surface area contributed by atoms with E-state index in [0.717, 1.165) is 31.9 Å². The lowest BCUT2D eigenvalue weighted by atomic mass is 9.97. The molecule has 22 heavy (non-hydrogen) atoms. The standard InChI is InChI=1S/C17H16N2OS2/c1-10-6-11(2)15(12(3)7-10)14(20)8-22-17-13-4-5-21-16(13)18-9-19-17/h4-7,9H,8H2,1-3H3. The number of rotatable bonds is 4. The summed E-state index contributed by atoms with van der Waals surface area (Å²) in [5, 5.41) is 3.91. The molecule has 2 aromatic heterocycles. The fraction of sp³-hybridized carbons (Fsp3) is 0.235. The van der Waals surface area contributed by atoms with E-state index < -0.39 is 0 Å². The van der Waals surface area contributed by atoms with Gasteiger partial charge in [-0.05, 0) is 43.3 Å². The number of ketones is 1. The first-order valence-corrected chi connectivity index (χ1v) is 8.85. The van der Waals surface area contributed by atoms with Crippen LogP contribution < -0.4 is 0 Å². The Morgan fingerprint density at radius 2 is 1.91 bits per heavy atom. The molecule has 5 heteroatoms. The van der Waals surface area contributed by atoms with Crippen molar-refractivity contribution in [1.29, 1.82) is 0 Å². The molecule has 0 N–H and O–H groups in total. The van der Waals surface area contributed by atoms with Crippen LogP contribution in [0, 0.1) is 20.8 Å². The minimum atomic E-state index is 0.155. The van der Waals surface area contributed by atoms with Crippen molar-refractivity contribution in [2.24, 2.45) is 0 Å². The summed E-state index contributed by atoms with van der Waals surface area (Å²) in [7, 11) is 0. The lowest BCUT2D eigenvalue weighted by Gasteiger charge is -2.10. The highest BCUT2D eigenvalue weighted by molar-refractivity contribution is 8.00. The molecular formula is C17H16N2OS2. The summed E-state index contributed by atoms with van der Waals surface area (Å²) in [6, 6.07) is 6.13. The van der Waals surface area contributed by atoms with Gasteiger partial charge >= 0.3 is 0 Å². The molecule has 0 aliphatic heterocycles. The second kappa shape index (κ2) is 6.18. The normalized spacial score (nSPS) is 11.0. The molecule has 3 nitrogen and oxygen atoms in total. The summed E-state index contributed by atoms with van der Waals surface area (Å²) in [5.74, 6) is 0.550. The molecule has 0 amide bonds. The fourth-order valence-electron chi connectivity index (χ4n) is 2.71. The number of fused-ring (bicyclic) bond motifs is 1. The maximum absolute atomic E-state index is 12.6. The summed E-state index contributed by atoms with van der Waals surface area (Å²) in [4.78, 5) is 22.1. The van der Waals surface area contributed by atoms with Crippen LogP contribution in [0.2, 0.25) is 0 Å². The Labute approximate surface area is 137 Å². The Morgan fingerprint density at radius 1 is 1.18 bits per heavy atom. The van der Waals surface area contributed by atoms with Crippen LogP contribution in [-0.4, -0.2) is 21.5 Å². The summed E-state index contributed by atoms with van der Waals surface area (Å²) >= 11 is 3.07. The smallest absolute Gasteiger partial charge is 0.173 e. The van der Waals surface area contributed by atoms with Gasteiger partial charge < -0.3 is 0 Å². The average molecular weight is 328 g/mol. The lowest BCUT2D eigenvalue weighted by Crippen LogP contribution is -2.08. The molecule has 0 aliphatic rings. The van der Waals surface area contributed by atoms with Crippen LogP contribution in [0.4, 0.5) is 0 Å². The first-order valence-electron chi connectivity index (χ1n) is 6.98. The van der Waals surface area contributed by atoms with Crippen LogP contribution in [0.5, 0.6) is 0 Å². The van der Waals surface area contributed by atoms with E-state index in [1.807, 2.05) is 25.3 Å². The van der Waals surface area contributed by atoms with Crippen LogP contribution in [0.15, 0.2) is 34.9 Å². The fourth-order valence-corrected chi connectivity index (χ4v) is 4.36. The second-order valence-electron chi connectivity index (χ2n) is 5.30. The Kier molecular flexibility index (Phi) is 4.27. The number of thioether (sulfide) groups is 1. The maximum Gasteiger partial charge on any atom is 0.173 e. The number of hydrogen-bond acceptors (Lipinski definition) is 5. The highest BCUT2D eigenvalue weighted by Crippen LogP contribution is 2.28. The van der Waals surface area contributed by atoms with Gasteiger partial charge in [-0.2, -0.15) is 0 Å². The van der Waals surface area contributed by atoms with Crippen molar-refractivity contribution >= 4 is 39.1 Å². The molecule has 0 spiro atoms. The molecule has 0 radical (unpaired) electrons. The van der Waals surface area contributed by atoms with Crippen LogP contribution in [0.1, 0.15) is 27.0 Å². The summed E-state index contributed by atoms with van der Waals surface area (Å²) in [6.07, 6.45) is 1.56. The van der Waals surface area contributed by atoms with Crippen molar-refractivity contribution in [3.8, 4) is 0 Å². The first-order chi connectivity index (χ1) is 10.6. The monoisotopic (exact) mass is 328 g/mol. The average Bonchev–Trinajstić information content (AvgIpc) is 2.92. The summed E-state index contributed by atoms with van der Waals surface area (Å²) in [6.45, 7) is 6.05. The van der Waals surface area contributed by atoms with Crippen molar-refractivity contribution < 1.29 is 4.79 Å². The predicted molar refractivity (Wildman–Crippen MR) is 93.1 cm³/mol. The van der Waals surface area contributed by atoms with Gasteiger partial charge in [0.1, 0.15) is 16.2 Å². The number of carbonyl (C=O) groups excluding carboxylic acids is 1. The van der Waals surface area contributed by atoms with Crippen molar-refractivity contribution in [2.45, 2.75) is 25.8 Å². The third kappa shape index (κ3) is 2.91. The molecule has 0 saturated carbocycles. The number of Topliss-reactive ketones (excluding diaryl/α,β-unsaturated/α-hetero) is 1. The predicted octanol–water partition coefficient (Wildman–Crippen LogP) is 4.59. The topological polar surface area (TPSA) is 42.9 Å². The Bertz CT molecular complexity index is 832. The number of carbonyl (C=O) groups is 1. The van der Waals surface area contributed by atoms with E-state index in [9.17, 15) is 4.79 Å². The van der Waals surface area contributed by atoms with Gasteiger partial charge in [0.15, 0.2) is 5.78 Å². The van der Waals surface area contributed by atoms with Gasteiger partial charge in [0.2, 0.25) is 0 Å². The van der Waals surface area contributed by atoms with Gasteiger partial charge in [-0.1, -0.05) is 29.5 Å². The summed E-state index contributed by atoms with van der Waals surface area (Å²) in [5.41, 5.74) is 4.13. The molecule has 1 aromatic carbocycles. The minimum absolute atomic E-state index is 0.155. The van der Waals surface area contributed by atoms with Crippen molar-refractivity contribution in [3.63, 3.8) is 0 Å². The quantitative estimate of drug-likeness (QED) is 0.399. The van der Waals surface area contributed by atoms with Gasteiger partial charge in [-0.3, -0.25) is 4.79 Å². The van der Waals surface area contributed by atoms with E-state index in [-0.39, 0.29) is 5.78 Å². The number of benzene rings is 1. The van der Waals surface area contributed by atoms with Gasteiger partial charge in [-0.25, -0.2) is 9.97 Å². The Balaban J connectivity index is 1.82. The second-order valence-corrected chi connectivity index (χ2v) is 7.16. The zero-order valence-corrected chi connectivity index (χ0v) is 14.3. The zero-order valence-electron chi connectivity index (χ0n) is 12.7. The molecule has 112 valence electrons. The molecular weight excluding hydrogens is 312 g/mol. The van der Waals surface area contributed by atoms with Gasteiger partial charge in [0.25, 0.3) is 0 Å². The Hall–Kier alpha value is -1.72. The molecule has 0 atom stereocenters. The first kappa shape index (κ1) is 15.2. The SMILES string of the molecule is Cc1cc(C)c(C(=O)CSc2ncnc3sccc23)c(C)c1. The van der Waals surface area contributed by atoms with E-state index in [0.29, 0.717) is 5.75 Å². The molecule has 3 rings (SSSR count). The molecule has 0 aliphatic carbocycles. The van der Waals surface area contributed by atoms with E-state index in [4.69, 9.17) is 0 Å². The van der Waals surface area contributed by atoms with E-state index in [1.54, 1.807) is 17.7 Å². The van der Waals surface area contributed by atoms with Crippen molar-refractivity contribution in [3.05, 3.63) is 52.2 Å². The minimum Gasteiger partial charge on any atom is -0.293 e.